The van der Waals surface area contributed by atoms with Crippen LogP contribution < -0.4 is 10.2 Å². The average Bonchev–Trinajstić information content (AvgIpc) is 2.74. The topological polar surface area (TPSA) is 41.0 Å². The van der Waals surface area contributed by atoms with Crippen LogP contribution >= 0.6 is 11.3 Å². The molecule has 1 fully saturated rings. The number of aromatic nitrogens is 2. The fraction of sp³-hybridized carbons (Fsp3) is 0.778. The molecule has 1 N–H and O–H groups in total. The molecular weight excluding hydrogens is 196 g/mol. The highest BCUT2D eigenvalue weighted by molar-refractivity contribution is 7.15. The normalized spacial score (nSPS) is 21.9. The number of nitrogens with zero attached hydrogens (tertiary/aromatic N) is 3. The number of anilines is 1. The Morgan fingerprint density at radius 3 is 3.07 bits per heavy atom. The molecule has 78 valence electrons. The van der Waals surface area contributed by atoms with Gasteiger partial charge in [-0.2, -0.15) is 0 Å². The van der Waals surface area contributed by atoms with Gasteiger partial charge in [-0.1, -0.05) is 11.3 Å². The van der Waals surface area contributed by atoms with E-state index in [4.69, 9.17) is 0 Å². The molecule has 0 aliphatic carbocycles. The molecule has 2 rings (SSSR count). The summed E-state index contributed by atoms with van der Waals surface area (Å²) < 4.78 is 0. The maximum absolute atomic E-state index is 4.17. The molecule has 0 radical (unpaired) electrons. The van der Waals surface area contributed by atoms with Gasteiger partial charge in [0.05, 0.1) is 0 Å². The summed E-state index contributed by atoms with van der Waals surface area (Å²) in [6.07, 6.45) is 1.26. The van der Waals surface area contributed by atoms with E-state index in [9.17, 15) is 0 Å². The van der Waals surface area contributed by atoms with Crippen molar-refractivity contribution in [3.63, 3.8) is 0 Å². The summed E-state index contributed by atoms with van der Waals surface area (Å²) in [6, 6.07) is 0. The molecule has 4 nitrogen and oxygen atoms in total. The van der Waals surface area contributed by atoms with Gasteiger partial charge in [0.2, 0.25) is 5.13 Å². The van der Waals surface area contributed by atoms with Gasteiger partial charge in [0.25, 0.3) is 0 Å². The molecule has 1 aliphatic rings. The maximum atomic E-state index is 4.17. The Bertz CT molecular complexity index is 299. The van der Waals surface area contributed by atoms with Gasteiger partial charge in [0.15, 0.2) is 0 Å². The first-order valence-electron chi connectivity index (χ1n) is 4.99. The second-order valence-corrected chi connectivity index (χ2v) is 4.92. The highest BCUT2D eigenvalue weighted by atomic mass is 32.1. The predicted molar refractivity (Wildman–Crippen MR) is 58.9 cm³/mol. The fourth-order valence-electron chi connectivity index (χ4n) is 1.88. The van der Waals surface area contributed by atoms with Gasteiger partial charge in [0.1, 0.15) is 5.01 Å². The van der Waals surface area contributed by atoms with Crippen molar-refractivity contribution in [1.82, 2.24) is 15.5 Å². The first-order chi connectivity index (χ1) is 6.79. The number of hydrogen-bond acceptors (Lipinski definition) is 5. The SMILES string of the molecule is CNCC1CCN(c2nnc(C)s2)C1. The molecule has 14 heavy (non-hydrogen) atoms. The van der Waals surface area contributed by atoms with Crippen molar-refractivity contribution >= 4 is 16.5 Å². The minimum absolute atomic E-state index is 0.768. The molecule has 0 saturated carbocycles. The quantitative estimate of drug-likeness (QED) is 0.808. The minimum Gasteiger partial charge on any atom is -0.346 e. The van der Waals surface area contributed by atoms with Crippen molar-refractivity contribution in [2.75, 3.05) is 31.6 Å². The molecule has 1 unspecified atom stereocenters. The molecule has 1 aliphatic heterocycles. The van der Waals surface area contributed by atoms with Gasteiger partial charge in [-0.3, -0.25) is 0 Å². The third-order valence-corrected chi connectivity index (χ3v) is 3.46. The van der Waals surface area contributed by atoms with Gasteiger partial charge in [0, 0.05) is 13.1 Å². The highest BCUT2D eigenvalue weighted by Crippen LogP contribution is 2.25. The Morgan fingerprint density at radius 2 is 2.43 bits per heavy atom. The lowest BCUT2D eigenvalue weighted by molar-refractivity contribution is 0.549. The molecule has 0 aromatic carbocycles. The third kappa shape index (κ3) is 2.04. The standard InChI is InChI=1S/C9H16N4S/c1-7-11-12-9(14-7)13-4-3-8(6-13)5-10-2/h8,10H,3-6H2,1-2H3. The lowest BCUT2D eigenvalue weighted by atomic mass is 10.1. The van der Waals surface area contributed by atoms with E-state index >= 15 is 0 Å². The van der Waals surface area contributed by atoms with E-state index in [2.05, 4.69) is 20.4 Å². The molecule has 1 aromatic rings. The molecule has 0 bridgehead atoms. The van der Waals surface area contributed by atoms with E-state index in [1.807, 2.05) is 14.0 Å². The zero-order valence-corrected chi connectivity index (χ0v) is 9.47. The van der Waals surface area contributed by atoms with Gasteiger partial charge >= 0.3 is 0 Å². The van der Waals surface area contributed by atoms with Gasteiger partial charge in [-0.25, -0.2) is 0 Å². The van der Waals surface area contributed by atoms with Crippen LogP contribution in [-0.2, 0) is 0 Å². The van der Waals surface area contributed by atoms with Gasteiger partial charge in [-0.05, 0) is 32.9 Å². The Morgan fingerprint density at radius 1 is 1.57 bits per heavy atom. The smallest absolute Gasteiger partial charge is 0.208 e. The van der Waals surface area contributed by atoms with E-state index in [0.717, 1.165) is 35.7 Å². The van der Waals surface area contributed by atoms with Gasteiger partial charge < -0.3 is 10.2 Å². The molecule has 2 heterocycles. The average molecular weight is 212 g/mol. The molecule has 1 saturated heterocycles. The molecule has 0 spiro atoms. The lowest BCUT2D eigenvalue weighted by Crippen LogP contribution is -2.24. The molecule has 0 amide bonds. The van der Waals surface area contributed by atoms with Crippen LogP contribution in [0.5, 0.6) is 0 Å². The summed E-state index contributed by atoms with van der Waals surface area (Å²) in [5.74, 6) is 0.768. The number of aryl methyl sites for hydroxylation is 1. The van der Waals surface area contributed by atoms with Crippen LogP contribution in [0.25, 0.3) is 0 Å². The van der Waals surface area contributed by atoms with Crippen LogP contribution in [0.4, 0.5) is 5.13 Å². The highest BCUT2D eigenvalue weighted by Gasteiger charge is 2.23. The van der Waals surface area contributed by atoms with E-state index in [0.29, 0.717) is 0 Å². The van der Waals surface area contributed by atoms with Gasteiger partial charge in [-0.15, -0.1) is 10.2 Å². The number of nitrogens with one attached hydrogen (secondary N) is 1. The number of hydrogen-bond donors (Lipinski definition) is 1. The van der Waals surface area contributed by atoms with Crippen LogP contribution in [0, 0.1) is 12.8 Å². The van der Waals surface area contributed by atoms with Crippen LogP contribution in [0.15, 0.2) is 0 Å². The second kappa shape index (κ2) is 4.23. The summed E-state index contributed by atoms with van der Waals surface area (Å²) in [6.45, 7) is 5.35. The van der Waals surface area contributed by atoms with E-state index in [-0.39, 0.29) is 0 Å². The molecule has 5 heteroatoms. The Balaban J connectivity index is 1.95. The Labute approximate surface area is 88.3 Å². The first-order valence-corrected chi connectivity index (χ1v) is 5.81. The molecule has 1 aromatic heterocycles. The van der Waals surface area contributed by atoms with Crippen LogP contribution in [0.1, 0.15) is 11.4 Å². The summed E-state index contributed by atoms with van der Waals surface area (Å²) in [7, 11) is 2.01. The Hall–Kier alpha value is -0.680. The first kappa shape index (κ1) is 9.86. The number of rotatable bonds is 3. The summed E-state index contributed by atoms with van der Waals surface area (Å²) in [4.78, 5) is 2.34. The third-order valence-electron chi connectivity index (χ3n) is 2.56. The van der Waals surface area contributed by atoms with Crippen LogP contribution in [-0.4, -0.2) is 36.9 Å². The fourth-order valence-corrected chi connectivity index (χ4v) is 2.60. The summed E-state index contributed by atoms with van der Waals surface area (Å²) >= 11 is 1.69. The predicted octanol–water partition coefficient (Wildman–Crippen LogP) is 0.892. The van der Waals surface area contributed by atoms with E-state index < -0.39 is 0 Å². The van der Waals surface area contributed by atoms with Crippen molar-refractivity contribution in [2.24, 2.45) is 5.92 Å². The molecular formula is C9H16N4S. The summed E-state index contributed by atoms with van der Waals surface area (Å²) in [5, 5.41) is 13.6. The van der Waals surface area contributed by atoms with Crippen molar-refractivity contribution < 1.29 is 0 Å². The van der Waals surface area contributed by atoms with E-state index in [1.54, 1.807) is 11.3 Å². The monoisotopic (exact) mass is 212 g/mol. The van der Waals surface area contributed by atoms with Crippen LogP contribution in [0.3, 0.4) is 0 Å². The minimum atomic E-state index is 0.768. The lowest BCUT2D eigenvalue weighted by Gasteiger charge is -2.13. The van der Waals surface area contributed by atoms with Crippen molar-refractivity contribution in [2.45, 2.75) is 13.3 Å². The van der Waals surface area contributed by atoms with Crippen molar-refractivity contribution in [1.29, 1.82) is 0 Å². The zero-order valence-electron chi connectivity index (χ0n) is 8.66. The molecule has 1 atom stereocenters. The van der Waals surface area contributed by atoms with Crippen molar-refractivity contribution in [3.05, 3.63) is 5.01 Å². The Kier molecular flexibility index (Phi) is 2.98. The zero-order chi connectivity index (χ0) is 9.97. The van der Waals surface area contributed by atoms with E-state index in [1.165, 1.54) is 6.42 Å². The largest absolute Gasteiger partial charge is 0.346 e. The van der Waals surface area contributed by atoms with Crippen LogP contribution in [0.2, 0.25) is 0 Å². The maximum Gasteiger partial charge on any atom is 0.208 e. The van der Waals surface area contributed by atoms with Crippen molar-refractivity contribution in [3.8, 4) is 0 Å². The summed E-state index contributed by atoms with van der Waals surface area (Å²) in [5.41, 5.74) is 0. The second-order valence-electron chi connectivity index (χ2n) is 3.76.